The molecule has 0 heterocycles. The molecule has 1 heteroatoms. The van der Waals surface area contributed by atoms with E-state index in [9.17, 15) is 0 Å². The summed E-state index contributed by atoms with van der Waals surface area (Å²) in [6.45, 7) is 4.73. The standard InChI is InChI=1S/C53H39N/c1-53(2)50-24-14-13-22-46(50)47-32-30-42(35-51(47)53)54(52-33-40-19-9-10-20-43(40)45-21-11-12-23-48(45)52)41-29-31-44(38-17-7-4-8-18-38)49(34-41)39-27-25-37(26-28-39)36-15-5-3-6-16-36/h3-35H,1-2H3. The average Bonchev–Trinajstić information content (AvgIpc) is 3.47. The molecule has 0 saturated carbocycles. The highest BCUT2D eigenvalue weighted by Crippen LogP contribution is 2.52. The van der Waals surface area contributed by atoms with Crippen LogP contribution in [-0.2, 0) is 5.41 Å². The summed E-state index contributed by atoms with van der Waals surface area (Å²) >= 11 is 0. The van der Waals surface area contributed by atoms with Crippen molar-refractivity contribution in [2.45, 2.75) is 19.3 Å². The van der Waals surface area contributed by atoms with Crippen molar-refractivity contribution >= 4 is 38.6 Å². The Hall–Kier alpha value is -6.70. The third-order valence-electron chi connectivity index (χ3n) is 11.5. The van der Waals surface area contributed by atoms with Crippen LogP contribution in [0.5, 0.6) is 0 Å². The van der Waals surface area contributed by atoms with Crippen LogP contribution in [0.2, 0.25) is 0 Å². The van der Waals surface area contributed by atoms with E-state index in [-0.39, 0.29) is 5.41 Å². The third kappa shape index (κ3) is 5.24. The summed E-state index contributed by atoms with van der Waals surface area (Å²) in [5.74, 6) is 0. The number of hydrogen-bond acceptors (Lipinski definition) is 1. The summed E-state index contributed by atoms with van der Waals surface area (Å²) < 4.78 is 0. The molecule has 9 aromatic rings. The van der Waals surface area contributed by atoms with E-state index < -0.39 is 0 Å². The van der Waals surface area contributed by atoms with Gasteiger partial charge >= 0.3 is 0 Å². The molecule has 0 aromatic heterocycles. The lowest BCUT2D eigenvalue weighted by molar-refractivity contribution is 0.660. The van der Waals surface area contributed by atoms with Crippen LogP contribution in [0.25, 0.3) is 66.1 Å². The van der Waals surface area contributed by atoms with E-state index in [0.717, 1.165) is 17.1 Å². The maximum absolute atomic E-state index is 2.49. The van der Waals surface area contributed by atoms with Gasteiger partial charge in [0.05, 0.1) is 5.69 Å². The molecule has 0 unspecified atom stereocenters. The van der Waals surface area contributed by atoms with Gasteiger partial charge in [0, 0.05) is 22.2 Å². The minimum atomic E-state index is -0.123. The number of rotatable bonds is 6. The van der Waals surface area contributed by atoms with Gasteiger partial charge in [-0.1, -0.05) is 184 Å². The molecule has 0 fully saturated rings. The van der Waals surface area contributed by atoms with E-state index in [1.165, 1.54) is 77.2 Å². The fraction of sp³-hybridized carbons (Fsp3) is 0.0566. The van der Waals surface area contributed by atoms with Crippen molar-refractivity contribution in [3.63, 3.8) is 0 Å². The summed E-state index contributed by atoms with van der Waals surface area (Å²) in [5, 5.41) is 4.96. The minimum Gasteiger partial charge on any atom is -0.310 e. The molecule has 1 nitrogen and oxygen atoms in total. The van der Waals surface area contributed by atoms with Crippen molar-refractivity contribution in [2.24, 2.45) is 0 Å². The molecule has 0 bridgehead atoms. The quantitative estimate of drug-likeness (QED) is 0.157. The molecule has 0 aliphatic heterocycles. The normalized spacial score (nSPS) is 12.8. The summed E-state index contributed by atoms with van der Waals surface area (Å²) in [6.07, 6.45) is 0. The van der Waals surface area contributed by atoms with Crippen LogP contribution in [0.3, 0.4) is 0 Å². The molecule has 0 radical (unpaired) electrons. The molecular formula is C53H39N. The maximum atomic E-state index is 2.49. The number of nitrogens with zero attached hydrogens (tertiary/aromatic N) is 1. The van der Waals surface area contributed by atoms with Gasteiger partial charge in [0.15, 0.2) is 0 Å². The van der Waals surface area contributed by atoms with Gasteiger partial charge in [-0.25, -0.2) is 0 Å². The highest BCUT2D eigenvalue weighted by atomic mass is 15.1. The molecule has 0 N–H and O–H groups in total. The minimum absolute atomic E-state index is 0.123. The molecule has 54 heavy (non-hydrogen) atoms. The Morgan fingerprint density at radius 1 is 0.333 bits per heavy atom. The third-order valence-corrected chi connectivity index (χ3v) is 11.5. The molecule has 0 saturated heterocycles. The molecule has 0 amide bonds. The highest BCUT2D eigenvalue weighted by molar-refractivity contribution is 6.14. The Morgan fingerprint density at radius 2 is 0.852 bits per heavy atom. The first-order valence-electron chi connectivity index (χ1n) is 18.8. The van der Waals surface area contributed by atoms with E-state index in [0.29, 0.717) is 0 Å². The van der Waals surface area contributed by atoms with Gasteiger partial charge in [-0.05, 0) is 102 Å². The van der Waals surface area contributed by atoms with Gasteiger partial charge in [0.25, 0.3) is 0 Å². The Kier molecular flexibility index (Phi) is 7.56. The lowest BCUT2D eigenvalue weighted by Gasteiger charge is -2.30. The first-order valence-corrected chi connectivity index (χ1v) is 18.8. The van der Waals surface area contributed by atoms with Crippen LogP contribution in [-0.4, -0.2) is 0 Å². The highest BCUT2D eigenvalue weighted by Gasteiger charge is 2.36. The molecule has 10 rings (SSSR count). The van der Waals surface area contributed by atoms with E-state index >= 15 is 0 Å². The fourth-order valence-corrected chi connectivity index (χ4v) is 8.73. The first-order chi connectivity index (χ1) is 26.5. The molecule has 0 atom stereocenters. The molecule has 1 aliphatic carbocycles. The predicted molar refractivity (Wildman–Crippen MR) is 230 cm³/mol. The van der Waals surface area contributed by atoms with Gasteiger partial charge in [-0.3, -0.25) is 0 Å². The van der Waals surface area contributed by atoms with E-state index in [2.05, 4.69) is 219 Å². The number of benzene rings is 9. The zero-order chi connectivity index (χ0) is 36.2. The topological polar surface area (TPSA) is 3.24 Å². The Bertz CT molecular complexity index is 2830. The van der Waals surface area contributed by atoms with Crippen molar-refractivity contribution in [1.29, 1.82) is 0 Å². The van der Waals surface area contributed by atoms with Gasteiger partial charge < -0.3 is 4.90 Å². The Labute approximate surface area is 317 Å². The zero-order valence-corrected chi connectivity index (χ0v) is 30.5. The molecule has 256 valence electrons. The monoisotopic (exact) mass is 689 g/mol. The van der Waals surface area contributed by atoms with Crippen LogP contribution < -0.4 is 4.90 Å². The summed E-state index contributed by atoms with van der Waals surface area (Å²) in [7, 11) is 0. The summed E-state index contributed by atoms with van der Waals surface area (Å²) in [5.41, 5.74) is 15.9. The zero-order valence-electron chi connectivity index (χ0n) is 30.5. The first kappa shape index (κ1) is 32.0. The summed E-state index contributed by atoms with van der Waals surface area (Å²) in [6, 6.07) is 73.5. The molecule has 1 aliphatic rings. The lowest BCUT2D eigenvalue weighted by Crippen LogP contribution is -2.16. The van der Waals surface area contributed by atoms with Crippen molar-refractivity contribution in [1.82, 2.24) is 0 Å². The number of fused-ring (bicyclic) bond motifs is 6. The van der Waals surface area contributed by atoms with Gasteiger partial charge in [0.2, 0.25) is 0 Å². The second-order valence-corrected chi connectivity index (χ2v) is 14.9. The van der Waals surface area contributed by atoms with Crippen LogP contribution in [0.15, 0.2) is 200 Å². The Morgan fingerprint density at radius 3 is 1.61 bits per heavy atom. The second-order valence-electron chi connectivity index (χ2n) is 14.9. The molecule has 9 aromatic carbocycles. The average molecular weight is 690 g/mol. The van der Waals surface area contributed by atoms with E-state index in [1.54, 1.807) is 0 Å². The maximum Gasteiger partial charge on any atom is 0.0546 e. The van der Waals surface area contributed by atoms with Crippen LogP contribution in [0.1, 0.15) is 25.0 Å². The van der Waals surface area contributed by atoms with Crippen molar-refractivity contribution in [2.75, 3.05) is 4.90 Å². The van der Waals surface area contributed by atoms with Crippen molar-refractivity contribution in [3.05, 3.63) is 211 Å². The van der Waals surface area contributed by atoms with Gasteiger partial charge in [0.1, 0.15) is 0 Å². The number of anilines is 3. The predicted octanol–water partition coefficient (Wildman–Crippen LogP) is 14.8. The van der Waals surface area contributed by atoms with Gasteiger partial charge in [-0.2, -0.15) is 0 Å². The molecule has 0 spiro atoms. The SMILES string of the molecule is CC1(C)c2ccccc2-c2ccc(N(c3ccc(-c4ccccc4)c(-c4ccc(-c5ccccc5)cc4)c3)c3cc4ccccc4c4ccccc34)cc21. The second kappa shape index (κ2) is 12.8. The van der Waals surface area contributed by atoms with Crippen LogP contribution in [0, 0.1) is 0 Å². The lowest BCUT2D eigenvalue weighted by atomic mass is 9.82. The fourth-order valence-electron chi connectivity index (χ4n) is 8.73. The van der Waals surface area contributed by atoms with Gasteiger partial charge in [-0.15, -0.1) is 0 Å². The Balaban J connectivity index is 1.22. The summed E-state index contributed by atoms with van der Waals surface area (Å²) in [4.78, 5) is 2.49. The largest absolute Gasteiger partial charge is 0.310 e. The van der Waals surface area contributed by atoms with Crippen LogP contribution >= 0.6 is 0 Å². The van der Waals surface area contributed by atoms with Crippen molar-refractivity contribution in [3.8, 4) is 44.5 Å². The van der Waals surface area contributed by atoms with Crippen molar-refractivity contribution < 1.29 is 0 Å². The molecular weight excluding hydrogens is 651 g/mol. The smallest absolute Gasteiger partial charge is 0.0546 e. The van der Waals surface area contributed by atoms with E-state index in [4.69, 9.17) is 0 Å². The van der Waals surface area contributed by atoms with Crippen LogP contribution in [0.4, 0.5) is 17.1 Å². The van der Waals surface area contributed by atoms with E-state index in [1.807, 2.05) is 0 Å². The number of hydrogen-bond donors (Lipinski definition) is 0.